The minimum atomic E-state index is 0.118. The van der Waals surface area contributed by atoms with Gasteiger partial charge in [0.15, 0.2) is 0 Å². The number of carbonyl (C=O) groups is 1. The Labute approximate surface area is 150 Å². The molecule has 4 rings (SSSR count). The van der Waals surface area contributed by atoms with Crippen LogP contribution < -0.4 is 0 Å². The van der Waals surface area contributed by atoms with Crippen LogP contribution in [0.4, 0.5) is 0 Å². The lowest BCUT2D eigenvalue weighted by Crippen LogP contribution is -2.54. The van der Waals surface area contributed by atoms with Gasteiger partial charge in [-0.05, 0) is 51.5 Å². The molecule has 1 saturated carbocycles. The number of hydrogen-bond donors (Lipinski definition) is 0. The van der Waals surface area contributed by atoms with Gasteiger partial charge in [0.05, 0.1) is 18.4 Å². The van der Waals surface area contributed by atoms with Gasteiger partial charge in [-0.15, -0.1) is 0 Å². The molecule has 1 aromatic heterocycles. The minimum absolute atomic E-state index is 0.118. The molecule has 1 amide bonds. The number of aryl methyl sites for hydroxylation is 1. The second kappa shape index (κ2) is 6.72. The van der Waals surface area contributed by atoms with E-state index in [-0.39, 0.29) is 11.4 Å². The van der Waals surface area contributed by atoms with Gasteiger partial charge in [-0.1, -0.05) is 0 Å². The molecule has 1 aromatic rings. The van der Waals surface area contributed by atoms with Crippen LogP contribution in [0, 0.1) is 5.92 Å². The molecule has 1 unspecified atom stereocenters. The summed E-state index contributed by atoms with van der Waals surface area (Å²) in [6.07, 6.45) is 10.8. The van der Waals surface area contributed by atoms with Crippen molar-refractivity contribution in [3.63, 3.8) is 0 Å². The number of ether oxygens (including phenoxy) is 1. The summed E-state index contributed by atoms with van der Waals surface area (Å²) in [5.74, 6) is 0.954. The van der Waals surface area contributed by atoms with Crippen LogP contribution in [0.3, 0.4) is 0 Å². The van der Waals surface area contributed by atoms with Crippen LogP contribution in [0.5, 0.6) is 0 Å². The Bertz CT molecular complexity index is 617. The normalized spacial score (nSPS) is 26.5. The lowest BCUT2D eigenvalue weighted by atomic mass is 9.85. The Morgan fingerprint density at radius 2 is 1.96 bits per heavy atom. The zero-order valence-corrected chi connectivity index (χ0v) is 15.5. The third-order valence-electron chi connectivity index (χ3n) is 6.53. The van der Waals surface area contributed by atoms with Gasteiger partial charge < -0.3 is 9.64 Å². The molecular formula is C19H30N4O2. The smallest absolute Gasteiger partial charge is 0.257 e. The quantitative estimate of drug-likeness (QED) is 0.817. The molecule has 6 heteroatoms. The van der Waals surface area contributed by atoms with Crippen molar-refractivity contribution in [3.8, 4) is 0 Å². The van der Waals surface area contributed by atoms with E-state index in [9.17, 15) is 4.79 Å². The molecule has 0 N–H and O–H groups in total. The molecule has 0 bridgehead atoms. The monoisotopic (exact) mass is 346 g/mol. The molecule has 1 atom stereocenters. The van der Waals surface area contributed by atoms with Gasteiger partial charge in [0.1, 0.15) is 0 Å². The molecule has 1 aliphatic carbocycles. The molecule has 2 aliphatic heterocycles. The van der Waals surface area contributed by atoms with Gasteiger partial charge in [-0.25, -0.2) is 0 Å². The number of carbonyl (C=O) groups excluding carboxylic acids is 1. The fourth-order valence-corrected chi connectivity index (χ4v) is 4.49. The zero-order valence-electron chi connectivity index (χ0n) is 15.5. The molecular weight excluding hydrogens is 316 g/mol. The second-order valence-corrected chi connectivity index (χ2v) is 8.20. The van der Waals surface area contributed by atoms with Crippen molar-refractivity contribution in [1.82, 2.24) is 19.6 Å². The summed E-state index contributed by atoms with van der Waals surface area (Å²) >= 11 is 0. The number of aromatic nitrogens is 2. The SMILES string of the molecule is CN1C(COCC2CC2)CCC12CCN(C(=O)c1cnn(C)c1)CC2. The van der Waals surface area contributed by atoms with Gasteiger partial charge in [0.25, 0.3) is 5.91 Å². The number of likely N-dealkylation sites (tertiary alicyclic amines) is 2. The van der Waals surface area contributed by atoms with E-state index in [4.69, 9.17) is 4.74 Å². The highest BCUT2D eigenvalue weighted by Gasteiger charge is 2.46. The van der Waals surface area contributed by atoms with Crippen LogP contribution in [-0.2, 0) is 11.8 Å². The Morgan fingerprint density at radius 1 is 1.20 bits per heavy atom. The standard InChI is InChI=1S/C19H30N4O2/c1-21-12-16(11-20-21)18(24)23-9-7-19(8-10-23)6-5-17(22(19)2)14-25-13-15-3-4-15/h11-12,15,17H,3-10,13-14H2,1-2H3. The molecule has 1 spiro atoms. The average molecular weight is 346 g/mol. The Kier molecular flexibility index (Phi) is 4.58. The van der Waals surface area contributed by atoms with Gasteiger partial charge in [-0.2, -0.15) is 5.10 Å². The minimum Gasteiger partial charge on any atom is -0.380 e. The molecule has 3 aliphatic rings. The Hall–Kier alpha value is -1.40. The lowest BCUT2D eigenvalue weighted by molar-refractivity contribution is 0.0172. The van der Waals surface area contributed by atoms with Crippen molar-refractivity contribution in [2.75, 3.05) is 33.4 Å². The zero-order chi connectivity index (χ0) is 17.4. The van der Waals surface area contributed by atoms with Crippen LogP contribution >= 0.6 is 0 Å². The Balaban J connectivity index is 1.30. The van der Waals surface area contributed by atoms with Gasteiger partial charge in [-0.3, -0.25) is 14.4 Å². The topological polar surface area (TPSA) is 50.6 Å². The van der Waals surface area contributed by atoms with Gasteiger partial charge >= 0.3 is 0 Å². The third-order valence-corrected chi connectivity index (χ3v) is 6.53. The summed E-state index contributed by atoms with van der Waals surface area (Å²) < 4.78 is 7.64. The van der Waals surface area contributed by atoms with E-state index in [1.165, 1.54) is 25.7 Å². The second-order valence-electron chi connectivity index (χ2n) is 8.20. The summed E-state index contributed by atoms with van der Waals surface area (Å²) in [7, 11) is 4.11. The molecule has 6 nitrogen and oxygen atoms in total. The maximum atomic E-state index is 12.6. The highest BCUT2D eigenvalue weighted by molar-refractivity contribution is 5.93. The predicted molar refractivity (Wildman–Crippen MR) is 95.4 cm³/mol. The maximum Gasteiger partial charge on any atom is 0.257 e. The van der Waals surface area contributed by atoms with Crippen molar-refractivity contribution in [2.45, 2.75) is 50.1 Å². The van der Waals surface area contributed by atoms with E-state index in [0.29, 0.717) is 11.6 Å². The van der Waals surface area contributed by atoms with E-state index in [1.54, 1.807) is 10.9 Å². The summed E-state index contributed by atoms with van der Waals surface area (Å²) in [6.45, 7) is 3.50. The Morgan fingerprint density at radius 3 is 2.60 bits per heavy atom. The van der Waals surface area contributed by atoms with E-state index in [1.807, 2.05) is 18.1 Å². The first-order valence-electron chi connectivity index (χ1n) is 9.66. The molecule has 3 fully saturated rings. The third kappa shape index (κ3) is 3.47. The highest BCUT2D eigenvalue weighted by Crippen LogP contribution is 2.41. The van der Waals surface area contributed by atoms with E-state index in [2.05, 4.69) is 17.0 Å². The lowest BCUT2D eigenvalue weighted by Gasteiger charge is -2.45. The summed E-state index contributed by atoms with van der Waals surface area (Å²) in [6, 6.07) is 0.541. The fraction of sp³-hybridized carbons (Fsp3) is 0.789. The van der Waals surface area contributed by atoms with Crippen molar-refractivity contribution in [1.29, 1.82) is 0 Å². The maximum absolute atomic E-state index is 12.6. The van der Waals surface area contributed by atoms with E-state index >= 15 is 0 Å². The number of rotatable bonds is 5. The first-order valence-corrected chi connectivity index (χ1v) is 9.66. The van der Waals surface area contributed by atoms with Crippen molar-refractivity contribution < 1.29 is 9.53 Å². The van der Waals surface area contributed by atoms with Crippen molar-refractivity contribution in [3.05, 3.63) is 18.0 Å². The van der Waals surface area contributed by atoms with Gasteiger partial charge in [0, 0.05) is 44.5 Å². The molecule has 25 heavy (non-hydrogen) atoms. The van der Waals surface area contributed by atoms with Crippen LogP contribution in [0.25, 0.3) is 0 Å². The number of hydrogen-bond acceptors (Lipinski definition) is 4. The van der Waals surface area contributed by atoms with Crippen LogP contribution in [-0.4, -0.2) is 70.4 Å². The largest absolute Gasteiger partial charge is 0.380 e. The first-order chi connectivity index (χ1) is 12.1. The predicted octanol–water partition coefficient (Wildman–Crippen LogP) is 1.92. The summed E-state index contributed by atoms with van der Waals surface area (Å²) in [5.41, 5.74) is 0.962. The van der Waals surface area contributed by atoms with Crippen LogP contribution in [0.2, 0.25) is 0 Å². The number of nitrogens with zero attached hydrogens (tertiary/aromatic N) is 4. The van der Waals surface area contributed by atoms with E-state index < -0.39 is 0 Å². The highest BCUT2D eigenvalue weighted by atomic mass is 16.5. The molecule has 138 valence electrons. The van der Waals surface area contributed by atoms with Crippen LogP contribution in [0.15, 0.2) is 12.4 Å². The molecule has 0 radical (unpaired) electrons. The van der Waals surface area contributed by atoms with Gasteiger partial charge in [0.2, 0.25) is 0 Å². The fourth-order valence-electron chi connectivity index (χ4n) is 4.49. The number of amides is 1. The number of piperidine rings is 1. The van der Waals surface area contributed by atoms with Crippen molar-refractivity contribution >= 4 is 5.91 Å². The number of likely N-dealkylation sites (N-methyl/N-ethyl adjacent to an activating group) is 1. The first kappa shape index (κ1) is 17.0. The van der Waals surface area contributed by atoms with E-state index in [0.717, 1.165) is 45.1 Å². The summed E-state index contributed by atoms with van der Waals surface area (Å²) in [4.78, 5) is 17.2. The summed E-state index contributed by atoms with van der Waals surface area (Å²) in [5, 5.41) is 4.12. The molecule has 2 saturated heterocycles. The molecule has 3 heterocycles. The van der Waals surface area contributed by atoms with Crippen LogP contribution in [0.1, 0.15) is 48.9 Å². The van der Waals surface area contributed by atoms with Crippen molar-refractivity contribution in [2.24, 2.45) is 13.0 Å². The average Bonchev–Trinajstić information content (AvgIpc) is 3.27. The molecule has 0 aromatic carbocycles.